The van der Waals surface area contributed by atoms with Gasteiger partial charge in [-0.25, -0.2) is 4.39 Å². The summed E-state index contributed by atoms with van der Waals surface area (Å²) in [5, 5.41) is 10.7. The Morgan fingerprint density at radius 1 is 1.61 bits per heavy atom. The topological polar surface area (TPSA) is 62.1 Å². The summed E-state index contributed by atoms with van der Waals surface area (Å²) in [7, 11) is 0. The predicted molar refractivity (Wildman–Crippen MR) is 66.2 cm³/mol. The van der Waals surface area contributed by atoms with Crippen molar-refractivity contribution in [1.82, 2.24) is 0 Å². The number of rotatable bonds is 6. The molecular weight excluding hydrogens is 259 g/mol. The van der Waals surface area contributed by atoms with E-state index in [1.54, 1.807) is 24.3 Å². The Labute approximate surface area is 109 Å². The smallest absolute Gasteiger partial charge is 0.274 e. The van der Waals surface area contributed by atoms with Crippen LogP contribution >= 0.6 is 11.6 Å². The molecule has 96 valence electrons. The highest BCUT2D eigenvalue weighted by atomic mass is 35.5. The van der Waals surface area contributed by atoms with Crippen molar-refractivity contribution in [3.8, 4) is 11.8 Å². The minimum absolute atomic E-state index is 0.404. The van der Waals surface area contributed by atoms with Crippen molar-refractivity contribution in [3.05, 3.63) is 24.3 Å². The standard InChI is InChI=1S/C12H12ClFN2O2/c13-11(14)12(17)16-9-4-3-5-10(8-9)18-7-2-1-6-15/h3-5,8,11H,1-2,7H2,(H,16,17). The molecule has 18 heavy (non-hydrogen) atoms. The number of hydrogen-bond acceptors (Lipinski definition) is 3. The fraction of sp³-hybridized carbons (Fsp3) is 0.333. The first-order valence-electron chi connectivity index (χ1n) is 5.32. The van der Waals surface area contributed by atoms with Crippen molar-refractivity contribution in [3.63, 3.8) is 0 Å². The molecule has 1 aromatic carbocycles. The molecule has 0 bridgehead atoms. The quantitative estimate of drug-likeness (QED) is 0.639. The van der Waals surface area contributed by atoms with Crippen LogP contribution in [0.3, 0.4) is 0 Å². The number of carbonyl (C=O) groups excluding carboxylic acids is 1. The van der Waals surface area contributed by atoms with Gasteiger partial charge in [0.15, 0.2) is 0 Å². The van der Waals surface area contributed by atoms with Crippen molar-refractivity contribution in [2.75, 3.05) is 11.9 Å². The second kappa shape index (κ2) is 7.51. The van der Waals surface area contributed by atoms with Gasteiger partial charge in [0.1, 0.15) is 5.75 Å². The summed E-state index contributed by atoms with van der Waals surface area (Å²) in [6, 6.07) is 8.53. The van der Waals surface area contributed by atoms with Crippen LogP contribution in [0.2, 0.25) is 0 Å². The molecule has 0 aromatic heterocycles. The molecule has 0 saturated heterocycles. The van der Waals surface area contributed by atoms with E-state index in [9.17, 15) is 9.18 Å². The number of unbranched alkanes of at least 4 members (excludes halogenated alkanes) is 1. The van der Waals surface area contributed by atoms with Crippen molar-refractivity contribution >= 4 is 23.2 Å². The van der Waals surface area contributed by atoms with Gasteiger partial charge in [0.05, 0.1) is 12.7 Å². The Kier molecular flexibility index (Phi) is 5.95. The van der Waals surface area contributed by atoms with Crippen molar-refractivity contribution in [2.24, 2.45) is 0 Å². The molecular formula is C12H12ClFN2O2. The molecule has 1 rings (SSSR count). The molecule has 4 nitrogen and oxygen atoms in total. The Bertz CT molecular complexity index is 446. The van der Waals surface area contributed by atoms with Crippen LogP contribution in [-0.4, -0.2) is 18.1 Å². The third-order valence-electron chi connectivity index (χ3n) is 2.00. The molecule has 1 aromatic rings. The largest absolute Gasteiger partial charge is 0.493 e. The second-order valence-corrected chi connectivity index (χ2v) is 3.81. The maximum atomic E-state index is 12.5. The lowest BCUT2D eigenvalue weighted by Gasteiger charge is -2.08. The summed E-state index contributed by atoms with van der Waals surface area (Å²) < 4.78 is 17.8. The van der Waals surface area contributed by atoms with Crippen LogP contribution in [0, 0.1) is 11.3 Å². The molecule has 6 heteroatoms. The van der Waals surface area contributed by atoms with Crippen LogP contribution < -0.4 is 10.1 Å². The molecule has 1 unspecified atom stereocenters. The molecule has 0 aliphatic heterocycles. The number of nitrogens with one attached hydrogen (secondary N) is 1. The van der Waals surface area contributed by atoms with Gasteiger partial charge in [-0.15, -0.1) is 0 Å². The van der Waals surface area contributed by atoms with Crippen LogP contribution in [0.15, 0.2) is 24.3 Å². The molecule has 0 aliphatic rings. The number of benzene rings is 1. The number of halogens is 2. The van der Waals surface area contributed by atoms with Gasteiger partial charge in [-0.1, -0.05) is 17.7 Å². The van der Waals surface area contributed by atoms with E-state index in [-0.39, 0.29) is 0 Å². The zero-order valence-electron chi connectivity index (χ0n) is 9.53. The van der Waals surface area contributed by atoms with Gasteiger partial charge >= 0.3 is 0 Å². The maximum Gasteiger partial charge on any atom is 0.274 e. The van der Waals surface area contributed by atoms with Crippen LogP contribution in [0.1, 0.15) is 12.8 Å². The molecule has 1 atom stereocenters. The maximum absolute atomic E-state index is 12.5. The normalized spacial score (nSPS) is 11.4. The number of carbonyl (C=O) groups is 1. The molecule has 0 aliphatic carbocycles. The van der Waals surface area contributed by atoms with Gasteiger partial charge in [-0.2, -0.15) is 5.26 Å². The average Bonchev–Trinajstić information content (AvgIpc) is 2.35. The van der Waals surface area contributed by atoms with Gasteiger partial charge in [0.2, 0.25) is 0 Å². The molecule has 0 fully saturated rings. The van der Waals surface area contributed by atoms with E-state index in [1.165, 1.54) is 0 Å². The Balaban J connectivity index is 2.52. The number of alkyl halides is 2. The van der Waals surface area contributed by atoms with Gasteiger partial charge in [0.25, 0.3) is 11.5 Å². The number of hydrogen-bond donors (Lipinski definition) is 1. The molecule has 0 spiro atoms. The van der Waals surface area contributed by atoms with Gasteiger partial charge < -0.3 is 10.1 Å². The third-order valence-corrected chi connectivity index (χ3v) is 2.20. The van der Waals surface area contributed by atoms with E-state index in [1.807, 2.05) is 6.07 Å². The molecule has 1 N–H and O–H groups in total. The fourth-order valence-electron chi connectivity index (χ4n) is 1.20. The number of ether oxygens (including phenoxy) is 1. The van der Waals surface area contributed by atoms with Crippen molar-refractivity contribution in [1.29, 1.82) is 5.26 Å². The first kappa shape index (κ1) is 14.3. The Morgan fingerprint density at radius 2 is 2.39 bits per heavy atom. The van der Waals surface area contributed by atoms with E-state index in [0.29, 0.717) is 30.9 Å². The summed E-state index contributed by atoms with van der Waals surface area (Å²) in [4.78, 5) is 11.0. The highest BCUT2D eigenvalue weighted by Gasteiger charge is 2.13. The number of anilines is 1. The van der Waals surface area contributed by atoms with E-state index in [2.05, 4.69) is 5.32 Å². The van der Waals surface area contributed by atoms with Gasteiger partial charge in [0, 0.05) is 18.2 Å². The molecule has 0 radical (unpaired) electrons. The number of amides is 1. The van der Waals surface area contributed by atoms with Crippen LogP contribution in [0.5, 0.6) is 5.75 Å². The lowest BCUT2D eigenvalue weighted by atomic mass is 10.3. The minimum atomic E-state index is -2.08. The Morgan fingerprint density at radius 3 is 3.06 bits per heavy atom. The van der Waals surface area contributed by atoms with E-state index in [0.717, 1.165) is 0 Å². The third kappa shape index (κ3) is 5.02. The van der Waals surface area contributed by atoms with E-state index < -0.39 is 11.5 Å². The molecule has 0 saturated carbocycles. The van der Waals surface area contributed by atoms with Crippen LogP contribution in [0.4, 0.5) is 10.1 Å². The van der Waals surface area contributed by atoms with E-state index >= 15 is 0 Å². The molecule has 0 heterocycles. The summed E-state index contributed by atoms with van der Waals surface area (Å²) in [6.45, 7) is 0.409. The molecule has 1 amide bonds. The van der Waals surface area contributed by atoms with Crippen LogP contribution in [0.25, 0.3) is 0 Å². The lowest BCUT2D eigenvalue weighted by Crippen LogP contribution is -2.19. The zero-order chi connectivity index (χ0) is 13.4. The van der Waals surface area contributed by atoms with Gasteiger partial charge in [-0.3, -0.25) is 4.79 Å². The number of nitrogens with zero attached hydrogens (tertiary/aromatic N) is 1. The van der Waals surface area contributed by atoms with E-state index in [4.69, 9.17) is 21.6 Å². The summed E-state index contributed by atoms with van der Waals surface area (Å²) in [6.07, 6.45) is 1.05. The first-order valence-corrected chi connectivity index (χ1v) is 5.76. The second-order valence-electron chi connectivity index (χ2n) is 3.43. The predicted octanol–water partition coefficient (Wildman–Crippen LogP) is 2.84. The minimum Gasteiger partial charge on any atom is -0.493 e. The first-order chi connectivity index (χ1) is 8.63. The summed E-state index contributed by atoms with van der Waals surface area (Å²) >= 11 is 5.00. The van der Waals surface area contributed by atoms with Crippen molar-refractivity contribution in [2.45, 2.75) is 18.5 Å². The lowest BCUT2D eigenvalue weighted by molar-refractivity contribution is -0.118. The highest BCUT2D eigenvalue weighted by Crippen LogP contribution is 2.18. The van der Waals surface area contributed by atoms with Crippen molar-refractivity contribution < 1.29 is 13.9 Å². The summed E-state index contributed by atoms with van der Waals surface area (Å²) in [5.74, 6) is -0.381. The van der Waals surface area contributed by atoms with Gasteiger partial charge in [-0.05, 0) is 18.6 Å². The summed E-state index contributed by atoms with van der Waals surface area (Å²) in [5.41, 5.74) is -1.67. The van der Waals surface area contributed by atoms with Crippen LogP contribution in [-0.2, 0) is 4.79 Å². The fourth-order valence-corrected chi connectivity index (χ4v) is 1.26. The average molecular weight is 271 g/mol. The SMILES string of the molecule is N#CCCCOc1cccc(NC(=O)C(F)Cl)c1. The zero-order valence-corrected chi connectivity index (χ0v) is 10.3. The number of nitriles is 1. The monoisotopic (exact) mass is 270 g/mol. The highest BCUT2D eigenvalue weighted by molar-refractivity contribution is 6.31. The Hall–Kier alpha value is -1.80.